The number of rotatable bonds is 5. The number of carbonyl (C=O) groups excluding carboxylic acids is 1. The zero-order valence-corrected chi connectivity index (χ0v) is 14.4. The molecule has 2 saturated heterocycles. The van der Waals surface area contributed by atoms with Gasteiger partial charge in [0.05, 0.1) is 17.6 Å². The molecule has 0 radical (unpaired) electrons. The minimum atomic E-state index is -2.91. The van der Waals surface area contributed by atoms with Gasteiger partial charge < -0.3 is 15.0 Å². The molecule has 0 aromatic rings. The predicted octanol–water partition coefficient (Wildman–Crippen LogP) is 1.27. The van der Waals surface area contributed by atoms with Crippen molar-refractivity contribution in [1.82, 2.24) is 10.2 Å². The number of urea groups is 1. The molecule has 0 aliphatic carbocycles. The molecule has 0 saturated carbocycles. The van der Waals surface area contributed by atoms with Crippen molar-refractivity contribution in [2.24, 2.45) is 11.8 Å². The second kappa shape index (κ2) is 7.64. The normalized spacial score (nSPS) is 28.0. The monoisotopic (exact) mass is 332 g/mol. The SMILES string of the molecule is CC(C)COC1CCN(C(=O)NCC2CCCS(=O)(=O)C2)C1. The Morgan fingerprint density at radius 1 is 1.36 bits per heavy atom. The van der Waals surface area contributed by atoms with E-state index in [4.69, 9.17) is 4.74 Å². The number of carbonyl (C=O) groups is 1. The molecule has 128 valence electrons. The molecule has 7 heteroatoms. The first-order chi connectivity index (χ1) is 10.4. The number of hydrogen-bond donors (Lipinski definition) is 1. The number of ether oxygens (including phenoxy) is 1. The van der Waals surface area contributed by atoms with Gasteiger partial charge >= 0.3 is 6.03 Å². The van der Waals surface area contributed by atoms with Crippen LogP contribution in [-0.4, -0.2) is 63.2 Å². The average Bonchev–Trinajstić information content (AvgIpc) is 2.90. The van der Waals surface area contributed by atoms with Gasteiger partial charge in [0.25, 0.3) is 0 Å². The van der Waals surface area contributed by atoms with Gasteiger partial charge in [0.15, 0.2) is 9.84 Å². The summed E-state index contributed by atoms with van der Waals surface area (Å²) in [5, 5.41) is 2.88. The van der Waals surface area contributed by atoms with E-state index in [0.717, 1.165) is 19.4 Å². The fourth-order valence-corrected chi connectivity index (χ4v) is 4.78. The molecule has 0 spiro atoms. The van der Waals surface area contributed by atoms with Crippen LogP contribution in [0.4, 0.5) is 4.79 Å². The second-order valence-corrected chi connectivity index (χ2v) is 9.12. The van der Waals surface area contributed by atoms with Gasteiger partial charge in [-0.3, -0.25) is 0 Å². The van der Waals surface area contributed by atoms with Crippen molar-refractivity contribution < 1.29 is 17.9 Å². The number of likely N-dealkylation sites (tertiary alicyclic amines) is 1. The zero-order chi connectivity index (χ0) is 16.2. The van der Waals surface area contributed by atoms with Crippen molar-refractivity contribution in [2.45, 2.75) is 39.2 Å². The van der Waals surface area contributed by atoms with E-state index in [0.29, 0.717) is 37.7 Å². The summed E-state index contributed by atoms with van der Waals surface area (Å²) in [4.78, 5) is 13.9. The van der Waals surface area contributed by atoms with Crippen LogP contribution in [0.15, 0.2) is 0 Å². The van der Waals surface area contributed by atoms with Crippen molar-refractivity contribution in [1.29, 1.82) is 0 Å². The van der Waals surface area contributed by atoms with Gasteiger partial charge in [-0.05, 0) is 31.1 Å². The van der Waals surface area contributed by atoms with Crippen molar-refractivity contribution in [2.75, 3.05) is 37.7 Å². The van der Waals surface area contributed by atoms with Gasteiger partial charge in [-0.2, -0.15) is 0 Å². The highest BCUT2D eigenvalue weighted by Gasteiger charge is 2.29. The van der Waals surface area contributed by atoms with E-state index in [1.165, 1.54) is 0 Å². The van der Waals surface area contributed by atoms with E-state index in [-0.39, 0.29) is 23.8 Å². The standard InChI is InChI=1S/C15H28N2O4S/c1-12(2)10-21-14-5-6-17(9-14)15(18)16-8-13-4-3-7-22(19,20)11-13/h12-14H,3-11H2,1-2H3,(H,16,18). The number of sulfone groups is 1. The van der Waals surface area contributed by atoms with Crippen LogP contribution in [0, 0.1) is 11.8 Å². The molecule has 22 heavy (non-hydrogen) atoms. The smallest absolute Gasteiger partial charge is 0.317 e. The molecular weight excluding hydrogens is 304 g/mol. The van der Waals surface area contributed by atoms with Gasteiger partial charge in [-0.25, -0.2) is 13.2 Å². The second-order valence-electron chi connectivity index (χ2n) is 6.89. The van der Waals surface area contributed by atoms with Crippen LogP contribution in [0.25, 0.3) is 0 Å². The average molecular weight is 332 g/mol. The molecule has 2 atom stereocenters. The molecule has 0 aromatic heterocycles. The summed E-state index contributed by atoms with van der Waals surface area (Å²) in [5.74, 6) is 1.04. The fourth-order valence-electron chi connectivity index (χ4n) is 3.00. The van der Waals surface area contributed by atoms with Gasteiger partial charge in [0.1, 0.15) is 0 Å². The third kappa shape index (κ3) is 5.43. The number of nitrogens with one attached hydrogen (secondary N) is 1. The van der Waals surface area contributed by atoms with Gasteiger partial charge in [-0.1, -0.05) is 13.8 Å². The van der Waals surface area contributed by atoms with Crippen LogP contribution >= 0.6 is 0 Å². The Kier molecular flexibility index (Phi) is 6.09. The Balaban J connectivity index is 1.70. The molecule has 6 nitrogen and oxygen atoms in total. The molecule has 0 aromatic carbocycles. The van der Waals surface area contributed by atoms with Crippen LogP contribution in [0.2, 0.25) is 0 Å². The minimum absolute atomic E-state index is 0.0540. The fraction of sp³-hybridized carbons (Fsp3) is 0.933. The lowest BCUT2D eigenvalue weighted by atomic mass is 10.1. The van der Waals surface area contributed by atoms with E-state index < -0.39 is 9.84 Å². The lowest BCUT2D eigenvalue weighted by molar-refractivity contribution is 0.0436. The molecule has 2 amide bonds. The molecule has 2 unspecified atom stereocenters. The Morgan fingerprint density at radius 3 is 2.82 bits per heavy atom. The van der Waals surface area contributed by atoms with Gasteiger partial charge in [0, 0.05) is 26.2 Å². The maximum absolute atomic E-state index is 12.1. The van der Waals surface area contributed by atoms with Crippen LogP contribution in [0.5, 0.6) is 0 Å². The van der Waals surface area contributed by atoms with E-state index in [1.807, 2.05) is 0 Å². The largest absolute Gasteiger partial charge is 0.376 e. The lowest BCUT2D eigenvalue weighted by Gasteiger charge is -2.24. The maximum Gasteiger partial charge on any atom is 0.317 e. The van der Waals surface area contributed by atoms with Gasteiger partial charge in [0.2, 0.25) is 0 Å². The quantitative estimate of drug-likeness (QED) is 0.822. The highest BCUT2D eigenvalue weighted by Crippen LogP contribution is 2.18. The highest BCUT2D eigenvalue weighted by atomic mass is 32.2. The molecule has 2 aliphatic rings. The third-order valence-corrected chi connectivity index (χ3v) is 6.09. The van der Waals surface area contributed by atoms with Crippen LogP contribution in [-0.2, 0) is 14.6 Å². The first kappa shape index (κ1) is 17.5. The predicted molar refractivity (Wildman–Crippen MR) is 85.5 cm³/mol. The van der Waals surface area contributed by atoms with E-state index in [2.05, 4.69) is 19.2 Å². The molecule has 2 aliphatic heterocycles. The van der Waals surface area contributed by atoms with Crippen molar-refractivity contribution in [3.8, 4) is 0 Å². The summed E-state index contributed by atoms with van der Waals surface area (Å²) < 4.78 is 28.9. The summed E-state index contributed by atoms with van der Waals surface area (Å²) >= 11 is 0. The Morgan fingerprint density at radius 2 is 2.14 bits per heavy atom. The number of nitrogens with zero attached hydrogens (tertiary/aromatic N) is 1. The summed E-state index contributed by atoms with van der Waals surface area (Å²) in [5.41, 5.74) is 0. The summed E-state index contributed by atoms with van der Waals surface area (Å²) in [6, 6.07) is -0.0985. The van der Waals surface area contributed by atoms with Crippen LogP contribution in [0.1, 0.15) is 33.1 Å². The van der Waals surface area contributed by atoms with Gasteiger partial charge in [-0.15, -0.1) is 0 Å². The molecule has 2 rings (SSSR count). The Bertz CT molecular complexity index is 478. The van der Waals surface area contributed by atoms with E-state index in [1.54, 1.807) is 4.90 Å². The molecule has 2 heterocycles. The summed E-state index contributed by atoms with van der Waals surface area (Å²) in [6.45, 7) is 6.72. The minimum Gasteiger partial charge on any atom is -0.376 e. The summed E-state index contributed by atoms with van der Waals surface area (Å²) in [6.07, 6.45) is 2.58. The van der Waals surface area contributed by atoms with Crippen LogP contribution in [0.3, 0.4) is 0 Å². The Labute approximate surface area is 133 Å². The zero-order valence-electron chi connectivity index (χ0n) is 13.6. The summed E-state index contributed by atoms with van der Waals surface area (Å²) in [7, 11) is -2.91. The molecule has 0 bridgehead atoms. The highest BCUT2D eigenvalue weighted by molar-refractivity contribution is 7.91. The molecular formula is C15H28N2O4S. The first-order valence-electron chi connectivity index (χ1n) is 8.20. The number of hydrogen-bond acceptors (Lipinski definition) is 4. The van der Waals surface area contributed by atoms with Crippen LogP contribution < -0.4 is 5.32 Å². The molecule has 1 N–H and O–H groups in total. The van der Waals surface area contributed by atoms with Crippen molar-refractivity contribution in [3.63, 3.8) is 0 Å². The third-order valence-electron chi connectivity index (χ3n) is 4.20. The van der Waals surface area contributed by atoms with Crippen molar-refractivity contribution >= 4 is 15.9 Å². The number of amides is 2. The Hall–Kier alpha value is -0.820. The molecule has 2 fully saturated rings. The van der Waals surface area contributed by atoms with Crippen molar-refractivity contribution in [3.05, 3.63) is 0 Å². The lowest BCUT2D eigenvalue weighted by Crippen LogP contribution is -2.43. The van der Waals surface area contributed by atoms with E-state index >= 15 is 0 Å². The topological polar surface area (TPSA) is 75.7 Å². The first-order valence-corrected chi connectivity index (χ1v) is 10.0. The maximum atomic E-state index is 12.1. The van der Waals surface area contributed by atoms with E-state index in [9.17, 15) is 13.2 Å².